The lowest BCUT2D eigenvalue weighted by molar-refractivity contribution is -0.384. The Hall–Kier alpha value is -1.95. The number of nitrogens with one attached hydrogen (secondary N) is 1. The number of nitrogens with two attached hydrogens (primary N) is 1. The molecule has 0 aliphatic heterocycles. The van der Waals surface area contributed by atoms with Gasteiger partial charge in [0.05, 0.1) is 11.0 Å². The van der Waals surface area contributed by atoms with Crippen LogP contribution < -0.4 is 11.1 Å². The molecule has 0 radical (unpaired) electrons. The molecule has 0 bridgehead atoms. The Morgan fingerprint density at radius 3 is 2.56 bits per heavy atom. The highest BCUT2D eigenvalue weighted by Crippen LogP contribution is 2.15. The maximum atomic E-state index is 11.7. The average Bonchev–Trinajstić information content (AvgIpc) is 2.36. The van der Waals surface area contributed by atoms with Crippen LogP contribution in [0.25, 0.3) is 0 Å². The SMILES string of the molecule is CCCC[C@H](N)C(=O)Nc1ccc([N+](=O)[O-])cc1. The maximum absolute atomic E-state index is 11.7. The first kappa shape index (κ1) is 14.1. The van der Waals surface area contributed by atoms with E-state index in [1.165, 1.54) is 24.3 Å². The van der Waals surface area contributed by atoms with E-state index in [0.29, 0.717) is 12.1 Å². The largest absolute Gasteiger partial charge is 0.325 e. The predicted octanol–water partition coefficient (Wildman–Crippen LogP) is 2.05. The molecule has 0 aliphatic rings. The summed E-state index contributed by atoms with van der Waals surface area (Å²) < 4.78 is 0. The van der Waals surface area contributed by atoms with E-state index in [0.717, 1.165) is 12.8 Å². The van der Waals surface area contributed by atoms with Crippen molar-refractivity contribution in [1.29, 1.82) is 0 Å². The Bertz CT molecular complexity index is 417. The van der Waals surface area contributed by atoms with Gasteiger partial charge in [0.15, 0.2) is 0 Å². The molecule has 0 spiro atoms. The van der Waals surface area contributed by atoms with Crippen molar-refractivity contribution >= 4 is 17.3 Å². The number of benzene rings is 1. The number of hydrogen-bond donors (Lipinski definition) is 2. The highest BCUT2D eigenvalue weighted by molar-refractivity contribution is 5.94. The van der Waals surface area contributed by atoms with Crippen LogP contribution in [0.2, 0.25) is 0 Å². The summed E-state index contributed by atoms with van der Waals surface area (Å²) in [6.45, 7) is 2.03. The molecule has 3 N–H and O–H groups in total. The molecule has 1 aromatic rings. The van der Waals surface area contributed by atoms with Gasteiger partial charge in [-0.2, -0.15) is 0 Å². The smallest absolute Gasteiger partial charge is 0.269 e. The molecule has 1 rings (SSSR count). The number of hydrogen-bond acceptors (Lipinski definition) is 4. The van der Waals surface area contributed by atoms with Gasteiger partial charge in [0.1, 0.15) is 0 Å². The van der Waals surface area contributed by atoms with Crippen molar-refractivity contribution in [1.82, 2.24) is 0 Å². The maximum Gasteiger partial charge on any atom is 0.269 e. The number of nitrogens with zero attached hydrogens (tertiary/aromatic N) is 1. The van der Waals surface area contributed by atoms with E-state index < -0.39 is 11.0 Å². The van der Waals surface area contributed by atoms with E-state index in [-0.39, 0.29) is 11.6 Å². The van der Waals surface area contributed by atoms with Crippen LogP contribution in [-0.2, 0) is 4.79 Å². The van der Waals surface area contributed by atoms with Crippen molar-refractivity contribution in [2.75, 3.05) is 5.32 Å². The second-order valence-corrected chi connectivity index (χ2v) is 4.04. The fraction of sp³-hybridized carbons (Fsp3) is 0.417. The number of carbonyl (C=O) groups excluding carboxylic acids is 1. The van der Waals surface area contributed by atoms with E-state index in [2.05, 4.69) is 5.32 Å². The number of carbonyl (C=O) groups is 1. The van der Waals surface area contributed by atoms with Crippen molar-refractivity contribution in [3.63, 3.8) is 0 Å². The van der Waals surface area contributed by atoms with Crippen LogP contribution in [0.1, 0.15) is 26.2 Å². The van der Waals surface area contributed by atoms with Gasteiger partial charge in [0, 0.05) is 17.8 Å². The molecule has 0 unspecified atom stereocenters. The van der Waals surface area contributed by atoms with Crippen LogP contribution in [0.3, 0.4) is 0 Å². The number of rotatable bonds is 6. The van der Waals surface area contributed by atoms with Crippen LogP contribution in [0.5, 0.6) is 0 Å². The first-order valence-electron chi connectivity index (χ1n) is 5.85. The average molecular weight is 251 g/mol. The zero-order chi connectivity index (χ0) is 13.5. The molecule has 1 aromatic carbocycles. The van der Waals surface area contributed by atoms with Crippen LogP contribution in [0.4, 0.5) is 11.4 Å². The summed E-state index contributed by atoms with van der Waals surface area (Å²) in [5.74, 6) is -0.266. The Morgan fingerprint density at radius 2 is 2.06 bits per heavy atom. The van der Waals surface area contributed by atoms with E-state index in [1.807, 2.05) is 6.92 Å². The number of nitro groups is 1. The minimum absolute atomic E-state index is 0.0109. The quantitative estimate of drug-likeness (QED) is 0.597. The third-order valence-corrected chi connectivity index (χ3v) is 2.55. The van der Waals surface area contributed by atoms with Gasteiger partial charge in [-0.05, 0) is 18.6 Å². The van der Waals surface area contributed by atoms with Crippen LogP contribution in [-0.4, -0.2) is 16.9 Å². The molecule has 6 heteroatoms. The van der Waals surface area contributed by atoms with Crippen LogP contribution >= 0.6 is 0 Å². The summed E-state index contributed by atoms with van der Waals surface area (Å²) in [6.07, 6.45) is 2.52. The molecule has 1 atom stereocenters. The Balaban J connectivity index is 2.56. The Labute approximate surface area is 105 Å². The van der Waals surface area contributed by atoms with E-state index in [4.69, 9.17) is 5.73 Å². The van der Waals surface area contributed by atoms with Gasteiger partial charge in [0.2, 0.25) is 5.91 Å². The lowest BCUT2D eigenvalue weighted by Gasteiger charge is -2.11. The van der Waals surface area contributed by atoms with E-state index in [1.54, 1.807) is 0 Å². The van der Waals surface area contributed by atoms with Gasteiger partial charge in [-0.25, -0.2) is 0 Å². The molecular weight excluding hydrogens is 234 g/mol. The van der Waals surface area contributed by atoms with Gasteiger partial charge >= 0.3 is 0 Å². The minimum atomic E-state index is -0.542. The van der Waals surface area contributed by atoms with E-state index in [9.17, 15) is 14.9 Å². The fourth-order valence-electron chi connectivity index (χ4n) is 1.46. The van der Waals surface area contributed by atoms with Gasteiger partial charge < -0.3 is 11.1 Å². The summed E-state index contributed by atoms with van der Waals surface area (Å²) in [7, 11) is 0. The highest BCUT2D eigenvalue weighted by Gasteiger charge is 2.13. The zero-order valence-corrected chi connectivity index (χ0v) is 10.3. The summed E-state index contributed by atoms with van der Waals surface area (Å²) in [5.41, 5.74) is 6.21. The number of amides is 1. The molecule has 0 saturated carbocycles. The van der Waals surface area contributed by atoms with Crippen LogP contribution in [0, 0.1) is 10.1 Å². The number of anilines is 1. The molecule has 0 aromatic heterocycles. The van der Waals surface area contributed by atoms with Crippen molar-refractivity contribution < 1.29 is 9.72 Å². The first-order chi connectivity index (χ1) is 8.54. The van der Waals surface area contributed by atoms with Crippen molar-refractivity contribution in [2.45, 2.75) is 32.2 Å². The molecule has 98 valence electrons. The molecule has 0 aliphatic carbocycles. The molecule has 0 saturated heterocycles. The van der Waals surface area contributed by atoms with Gasteiger partial charge in [-0.3, -0.25) is 14.9 Å². The minimum Gasteiger partial charge on any atom is -0.325 e. The van der Waals surface area contributed by atoms with Crippen molar-refractivity contribution in [2.24, 2.45) is 5.73 Å². The number of unbranched alkanes of at least 4 members (excludes halogenated alkanes) is 1. The van der Waals surface area contributed by atoms with E-state index >= 15 is 0 Å². The third-order valence-electron chi connectivity index (χ3n) is 2.55. The monoisotopic (exact) mass is 251 g/mol. The summed E-state index contributed by atoms with van der Waals surface area (Å²) in [4.78, 5) is 21.6. The third kappa shape index (κ3) is 4.14. The summed E-state index contributed by atoms with van der Waals surface area (Å²) >= 11 is 0. The Kier molecular flexibility index (Phi) is 5.26. The first-order valence-corrected chi connectivity index (χ1v) is 5.85. The topological polar surface area (TPSA) is 98.3 Å². The molecule has 6 nitrogen and oxygen atoms in total. The Morgan fingerprint density at radius 1 is 1.44 bits per heavy atom. The molecule has 1 amide bonds. The second kappa shape index (κ2) is 6.70. The number of nitro benzene ring substituents is 1. The lowest BCUT2D eigenvalue weighted by Crippen LogP contribution is -2.35. The normalized spacial score (nSPS) is 11.9. The predicted molar refractivity (Wildman–Crippen MR) is 69.2 cm³/mol. The van der Waals surface area contributed by atoms with Crippen LogP contribution in [0.15, 0.2) is 24.3 Å². The molecular formula is C12H17N3O3. The van der Waals surface area contributed by atoms with Gasteiger partial charge in [-0.15, -0.1) is 0 Å². The van der Waals surface area contributed by atoms with Gasteiger partial charge in [0.25, 0.3) is 5.69 Å². The second-order valence-electron chi connectivity index (χ2n) is 4.04. The molecule has 0 fully saturated rings. The lowest BCUT2D eigenvalue weighted by atomic mass is 10.1. The fourth-order valence-corrected chi connectivity index (χ4v) is 1.46. The van der Waals surface area contributed by atoms with Gasteiger partial charge in [-0.1, -0.05) is 19.8 Å². The summed E-state index contributed by atoms with van der Waals surface area (Å²) in [6, 6.07) is 5.12. The standard InChI is InChI=1S/C12H17N3O3/c1-2-3-4-11(13)12(16)14-9-5-7-10(8-6-9)15(17)18/h5-8,11H,2-4,13H2,1H3,(H,14,16)/t11-/m0/s1. The molecule has 18 heavy (non-hydrogen) atoms. The van der Waals surface area contributed by atoms with Crippen molar-refractivity contribution in [3.8, 4) is 0 Å². The van der Waals surface area contributed by atoms with Crippen molar-refractivity contribution in [3.05, 3.63) is 34.4 Å². The summed E-state index contributed by atoms with van der Waals surface area (Å²) in [5, 5.41) is 13.1. The molecule has 0 heterocycles. The zero-order valence-electron chi connectivity index (χ0n) is 10.3. The number of non-ortho nitro benzene ring substituents is 1. The highest BCUT2D eigenvalue weighted by atomic mass is 16.6.